The molecule has 2 aromatic heterocycles. The molecule has 0 fully saturated rings. The third-order valence-corrected chi connectivity index (χ3v) is 5.36. The Bertz CT molecular complexity index is 762. The van der Waals surface area contributed by atoms with Gasteiger partial charge in [0.1, 0.15) is 0 Å². The van der Waals surface area contributed by atoms with Gasteiger partial charge >= 0.3 is 0 Å². The van der Waals surface area contributed by atoms with Gasteiger partial charge in [-0.1, -0.05) is 37.3 Å². The zero-order valence-electron chi connectivity index (χ0n) is 11.9. The largest absolute Gasteiger partial charge is 0.297 e. The molecule has 108 valence electrons. The van der Waals surface area contributed by atoms with Gasteiger partial charge < -0.3 is 0 Å². The second-order valence-electron chi connectivity index (χ2n) is 4.99. The van der Waals surface area contributed by atoms with Crippen molar-refractivity contribution in [2.75, 3.05) is 5.32 Å². The highest BCUT2D eigenvalue weighted by atomic mass is 32.1. The van der Waals surface area contributed by atoms with E-state index in [1.165, 1.54) is 28.2 Å². The topological polar surface area (TPSA) is 42.0 Å². The second-order valence-corrected chi connectivity index (χ2v) is 6.97. The summed E-state index contributed by atoms with van der Waals surface area (Å²) in [5.41, 5.74) is 2.26. The quantitative estimate of drug-likeness (QED) is 0.725. The van der Waals surface area contributed by atoms with Crippen molar-refractivity contribution in [3.63, 3.8) is 0 Å². The number of carbonyl (C=O) groups excluding carboxylic acids is 1. The maximum Gasteiger partial charge on any atom is 0.267 e. The number of hydrogen-bond acceptors (Lipinski definition) is 4. The molecule has 1 N–H and O–H groups in total. The molecule has 21 heavy (non-hydrogen) atoms. The number of carbonyl (C=O) groups is 1. The van der Waals surface area contributed by atoms with Crippen LogP contribution in [0.5, 0.6) is 0 Å². The lowest BCUT2D eigenvalue weighted by Gasteiger charge is -2.07. The molecular formula is C16H16N2OS2. The smallest absolute Gasteiger partial charge is 0.267 e. The Morgan fingerprint density at radius 2 is 2.24 bits per heavy atom. The van der Waals surface area contributed by atoms with Gasteiger partial charge in [0.15, 0.2) is 5.13 Å². The molecule has 1 amide bonds. The molecule has 0 aliphatic heterocycles. The van der Waals surface area contributed by atoms with Gasteiger partial charge in [0.2, 0.25) is 0 Å². The van der Waals surface area contributed by atoms with E-state index in [1.54, 1.807) is 0 Å². The molecule has 2 heterocycles. The van der Waals surface area contributed by atoms with Crippen LogP contribution < -0.4 is 5.32 Å². The molecule has 0 aliphatic carbocycles. The first-order valence-corrected chi connectivity index (χ1v) is 8.62. The fourth-order valence-corrected chi connectivity index (χ4v) is 3.63. The molecule has 0 bridgehead atoms. The normalized spacial score (nSPS) is 12.5. The van der Waals surface area contributed by atoms with E-state index < -0.39 is 0 Å². The van der Waals surface area contributed by atoms with E-state index in [9.17, 15) is 4.79 Å². The maximum atomic E-state index is 12.0. The summed E-state index contributed by atoms with van der Waals surface area (Å²) in [4.78, 5) is 17.2. The van der Waals surface area contributed by atoms with E-state index in [1.807, 2.05) is 23.6 Å². The molecule has 3 nitrogen and oxygen atoms in total. The molecule has 3 rings (SSSR count). The van der Waals surface area contributed by atoms with Crippen molar-refractivity contribution in [3.8, 4) is 0 Å². The first-order valence-electron chi connectivity index (χ1n) is 6.92. The third kappa shape index (κ3) is 2.99. The summed E-state index contributed by atoms with van der Waals surface area (Å²) in [5, 5.41) is 5.43. The highest BCUT2D eigenvalue weighted by molar-refractivity contribution is 7.22. The van der Waals surface area contributed by atoms with Gasteiger partial charge in [0.25, 0.3) is 5.91 Å². The molecule has 0 radical (unpaired) electrons. The number of thiophene rings is 1. The summed E-state index contributed by atoms with van der Waals surface area (Å²) >= 11 is 2.96. The highest BCUT2D eigenvalue weighted by Crippen LogP contribution is 2.30. The van der Waals surface area contributed by atoms with Crippen LogP contribution in [0, 0.1) is 0 Å². The Morgan fingerprint density at radius 3 is 2.95 bits per heavy atom. The lowest BCUT2D eigenvalue weighted by Crippen LogP contribution is -2.09. The van der Waals surface area contributed by atoms with E-state index in [4.69, 9.17) is 0 Å². The molecule has 0 saturated carbocycles. The van der Waals surface area contributed by atoms with Gasteiger partial charge in [-0.25, -0.2) is 4.98 Å². The average Bonchev–Trinajstić information content (AvgIpc) is 3.14. The zero-order chi connectivity index (χ0) is 14.8. The highest BCUT2D eigenvalue weighted by Gasteiger charge is 2.11. The maximum absolute atomic E-state index is 12.0. The number of fused-ring (bicyclic) bond motifs is 1. The van der Waals surface area contributed by atoms with Gasteiger partial charge in [-0.05, 0) is 41.5 Å². The Balaban J connectivity index is 1.85. The number of rotatable bonds is 4. The number of nitrogens with one attached hydrogen (secondary N) is 1. The minimum Gasteiger partial charge on any atom is -0.297 e. The van der Waals surface area contributed by atoms with Crippen molar-refractivity contribution in [2.45, 2.75) is 26.2 Å². The van der Waals surface area contributed by atoms with E-state index in [-0.39, 0.29) is 5.91 Å². The predicted octanol–water partition coefficient (Wildman–Crippen LogP) is 5.12. The minimum atomic E-state index is -0.0915. The molecule has 0 aliphatic rings. The molecule has 1 atom stereocenters. The molecular weight excluding hydrogens is 300 g/mol. The summed E-state index contributed by atoms with van der Waals surface area (Å²) in [6.45, 7) is 4.41. The summed E-state index contributed by atoms with van der Waals surface area (Å²) in [5.74, 6) is 0.451. The number of aromatic nitrogens is 1. The molecule has 5 heteroatoms. The Labute approximate surface area is 131 Å². The number of amides is 1. The molecule has 0 saturated heterocycles. The first kappa shape index (κ1) is 14.2. The number of hydrogen-bond donors (Lipinski definition) is 1. The van der Waals surface area contributed by atoms with Crippen LogP contribution in [-0.4, -0.2) is 10.9 Å². The van der Waals surface area contributed by atoms with Crippen LogP contribution in [0.15, 0.2) is 35.7 Å². The van der Waals surface area contributed by atoms with Gasteiger partial charge in [-0.2, -0.15) is 0 Å². The van der Waals surface area contributed by atoms with Crippen molar-refractivity contribution >= 4 is 43.9 Å². The van der Waals surface area contributed by atoms with Gasteiger partial charge in [-0.3, -0.25) is 10.1 Å². The summed E-state index contributed by atoms with van der Waals surface area (Å²) in [6, 6.07) is 10.0. The number of thiazole rings is 1. The lowest BCUT2D eigenvalue weighted by atomic mass is 9.99. The van der Waals surface area contributed by atoms with Gasteiger partial charge in [0.05, 0.1) is 15.1 Å². The van der Waals surface area contributed by atoms with Gasteiger partial charge in [-0.15, -0.1) is 11.3 Å². The Morgan fingerprint density at radius 1 is 1.38 bits per heavy atom. The van der Waals surface area contributed by atoms with Gasteiger partial charge in [0, 0.05) is 0 Å². The van der Waals surface area contributed by atoms with Crippen molar-refractivity contribution in [1.82, 2.24) is 4.98 Å². The van der Waals surface area contributed by atoms with Crippen LogP contribution in [-0.2, 0) is 0 Å². The van der Waals surface area contributed by atoms with Crippen LogP contribution in [0.4, 0.5) is 5.13 Å². The number of benzene rings is 1. The van der Waals surface area contributed by atoms with Crippen molar-refractivity contribution in [1.29, 1.82) is 0 Å². The second kappa shape index (κ2) is 5.95. The summed E-state index contributed by atoms with van der Waals surface area (Å²) in [7, 11) is 0. The molecule has 0 spiro atoms. The molecule has 1 aromatic carbocycles. The van der Waals surface area contributed by atoms with E-state index in [0.717, 1.165) is 16.6 Å². The SMILES string of the molecule is CCC(C)c1ccc2nc(NC(=O)c3cccs3)sc2c1. The number of nitrogens with zero attached hydrogens (tertiary/aromatic N) is 1. The summed E-state index contributed by atoms with van der Waals surface area (Å²) in [6.07, 6.45) is 1.12. The lowest BCUT2D eigenvalue weighted by molar-refractivity contribution is 0.103. The third-order valence-electron chi connectivity index (χ3n) is 3.56. The van der Waals surface area contributed by atoms with Crippen molar-refractivity contribution in [2.24, 2.45) is 0 Å². The zero-order valence-corrected chi connectivity index (χ0v) is 13.6. The minimum absolute atomic E-state index is 0.0915. The Hall–Kier alpha value is -1.72. The van der Waals surface area contributed by atoms with Crippen LogP contribution in [0.2, 0.25) is 0 Å². The van der Waals surface area contributed by atoms with E-state index in [0.29, 0.717) is 15.9 Å². The van der Waals surface area contributed by atoms with Crippen molar-refractivity contribution < 1.29 is 4.79 Å². The fourth-order valence-electron chi connectivity index (χ4n) is 2.10. The molecule has 1 unspecified atom stereocenters. The van der Waals surface area contributed by atoms with Crippen LogP contribution in [0.1, 0.15) is 41.4 Å². The van der Waals surface area contributed by atoms with Crippen LogP contribution in [0.25, 0.3) is 10.2 Å². The first-order chi connectivity index (χ1) is 10.2. The predicted molar refractivity (Wildman–Crippen MR) is 90.6 cm³/mol. The average molecular weight is 316 g/mol. The fraction of sp³-hybridized carbons (Fsp3) is 0.250. The molecule has 3 aromatic rings. The standard InChI is InChI=1S/C16H16N2OS2/c1-3-10(2)11-6-7-12-14(9-11)21-16(17-12)18-15(19)13-5-4-8-20-13/h4-10H,3H2,1-2H3,(H,17,18,19). The Kier molecular flexibility index (Phi) is 4.03. The number of anilines is 1. The van der Waals surface area contributed by atoms with Crippen LogP contribution in [0.3, 0.4) is 0 Å². The van der Waals surface area contributed by atoms with Crippen LogP contribution >= 0.6 is 22.7 Å². The van der Waals surface area contributed by atoms with E-state index in [2.05, 4.69) is 36.3 Å². The van der Waals surface area contributed by atoms with E-state index >= 15 is 0 Å². The van der Waals surface area contributed by atoms with Crippen molar-refractivity contribution in [3.05, 3.63) is 46.2 Å². The monoisotopic (exact) mass is 316 g/mol. The summed E-state index contributed by atoms with van der Waals surface area (Å²) < 4.78 is 1.12.